The summed E-state index contributed by atoms with van der Waals surface area (Å²) >= 11 is 5.63. The highest BCUT2D eigenvalue weighted by Gasteiger charge is 2.17. The minimum atomic E-state index is -0.380. The molecule has 4 nitrogen and oxygen atoms in total. The fraction of sp³-hybridized carbons (Fsp3) is 0.500. The van der Waals surface area contributed by atoms with Crippen molar-refractivity contribution in [1.29, 1.82) is 0 Å². The zero-order valence-corrected chi connectivity index (χ0v) is 7.70. The van der Waals surface area contributed by atoms with E-state index in [4.69, 9.17) is 21.1 Å². The van der Waals surface area contributed by atoms with E-state index < -0.39 is 0 Å². The zero-order chi connectivity index (χ0) is 9.10. The van der Waals surface area contributed by atoms with E-state index in [1.165, 1.54) is 0 Å². The van der Waals surface area contributed by atoms with Crippen LogP contribution in [0.4, 0.5) is 0 Å². The fourth-order valence-corrected chi connectivity index (χ4v) is 1.29. The molecule has 1 aliphatic rings. The van der Waals surface area contributed by atoms with Crippen LogP contribution in [0.15, 0.2) is 12.3 Å². The van der Waals surface area contributed by atoms with Crippen molar-refractivity contribution in [3.05, 3.63) is 23.2 Å². The first kappa shape index (κ1) is 8.87. The van der Waals surface area contributed by atoms with Crippen LogP contribution in [0.1, 0.15) is 18.4 Å². The lowest BCUT2D eigenvalue weighted by Gasteiger charge is -2.22. The van der Waals surface area contributed by atoms with Gasteiger partial charge in [-0.25, -0.2) is 9.97 Å². The molecule has 1 aromatic heterocycles. The Morgan fingerprint density at radius 2 is 2.15 bits per heavy atom. The van der Waals surface area contributed by atoms with Gasteiger partial charge in [0.2, 0.25) is 11.6 Å². The molecule has 2 heterocycles. The quantitative estimate of drug-likeness (QED) is 0.646. The normalized spacial score (nSPS) is 18.8. The van der Waals surface area contributed by atoms with Gasteiger partial charge in [0.25, 0.3) is 0 Å². The standard InChI is InChI=1S/C8H9ClN2O2/c9-8-10-3-2-6(11-8)7-12-4-1-5-13-7/h2-3,7H,1,4-5H2. The van der Waals surface area contributed by atoms with Crippen molar-refractivity contribution in [2.24, 2.45) is 0 Å². The largest absolute Gasteiger partial charge is 0.347 e. The summed E-state index contributed by atoms with van der Waals surface area (Å²) in [4.78, 5) is 7.78. The molecule has 1 fully saturated rings. The molecule has 0 aliphatic carbocycles. The lowest BCUT2D eigenvalue weighted by Crippen LogP contribution is -2.18. The molecule has 0 bridgehead atoms. The predicted octanol–water partition coefficient (Wildman–Crippen LogP) is 1.57. The van der Waals surface area contributed by atoms with Gasteiger partial charge in [0, 0.05) is 6.20 Å². The van der Waals surface area contributed by atoms with Crippen molar-refractivity contribution in [2.75, 3.05) is 13.2 Å². The number of hydrogen-bond donors (Lipinski definition) is 0. The highest BCUT2D eigenvalue weighted by molar-refractivity contribution is 6.28. The lowest BCUT2D eigenvalue weighted by molar-refractivity contribution is -0.185. The highest BCUT2D eigenvalue weighted by Crippen LogP contribution is 2.21. The Morgan fingerprint density at radius 1 is 1.38 bits per heavy atom. The monoisotopic (exact) mass is 200 g/mol. The van der Waals surface area contributed by atoms with Gasteiger partial charge in [0.15, 0.2) is 0 Å². The maximum atomic E-state index is 5.63. The second-order valence-electron chi connectivity index (χ2n) is 2.68. The number of nitrogens with zero attached hydrogens (tertiary/aromatic N) is 2. The highest BCUT2D eigenvalue weighted by atomic mass is 35.5. The molecular formula is C8H9ClN2O2. The van der Waals surface area contributed by atoms with Crippen molar-refractivity contribution in [3.63, 3.8) is 0 Å². The fourth-order valence-electron chi connectivity index (χ4n) is 1.14. The summed E-state index contributed by atoms with van der Waals surface area (Å²) < 4.78 is 10.7. The molecule has 5 heteroatoms. The SMILES string of the molecule is Clc1nccc(C2OCCCO2)n1. The molecule has 1 aromatic rings. The zero-order valence-electron chi connectivity index (χ0n) is 6.94. The van der Waals surface area contributed by atoms with Crippen molar-refractivity contribution >= 4 is 11.6 Å². The van der Waals surface area contributed by atoms with Crippen LogP contribution in [0, 0.1) is 0 Å². The third-order valence-electron chi connectivity index (χ3n) is 1.72. The van der Waals surface area contributed by atoms with E-state index in [9.17, 15) is 0 Å². The van der Waals surface area contributed by atoms with Crippen molar-refractivity contribution in [2.45, 2.75) is 12.7 Å². The van der Waals surface area contributed by atoms with Crippen LogP contribution in [0.2, 0.25) is 5.28 Å². The van der Waals surface area contributed by atoms with E-state index in [1.807, 2.05) is 0 Å². The Labute approximate surface area is 80.9 Å². The topological polar surface area (TPSA) is 44.2 Å². The second-order valence-corrected chi connectivity index (χ2v) is 3.02. The maximum Gasteiger partial charge on any atom is 0.222 e. The summed E-state index contributed by atoms with van der Waals surface area (Å²) in [6, 6.07) is 1.74. The van der Waals surface area contributed by atoms with E-state index >= 15 is 0 Å². The smallest absolute Gasteiger partial charge is 0.222 e. The molecule has 1 aliphatic heterocycles. The van der Waals surface area contributed by atoms with E-state index in [-0.39, 0.29) is 11.6 Å². The number of ether oxygens (including phenoxy) is 2. The number of rotatable bonds is 1. The lowest BCUT2D eigenvalue weighted by atomic mass is 10.3. The minimum Gasteiger partial charge on any atom is -0.347 e. The summed E-state index contributed by atoms with van der Waals surface area (Å²) in [6.07, 6.45) is 2.13. The molecule has 0 spiro atoms. The Morgan fingerprint density at radius 3 is 2.85 bits per heavy atom. The average molecular weight is 201 g/mol. The van der Waals surface area contributed by atoms with E-state index in [2.05, 4.69) is 9.97 Å². The Bertz CT molecular complexity index is 289. The molecule has 0 atom stereocenters. The molecule has 0 amide bonds. The molecule has 70 valence electrons. The summed E-state index contributed by atoms with van der Waals surface area (Å²) in [5, 5.41) is 0.218. The van der Waals surface area contributed by atoms with Crippen molar-refractivity contribution in [3.8, 4) is 0 Å². The second kappa shape index (κ2) is 4.00. The molecule has 0 saturated carbocycles. The molecular weight excluding hydrogens is 192 g/mol. The molecule has 0 radical (unpaired) electrons. The minimum absolute atomic E-state index is 0.218. The van der Waals surface area contributed by atoms with Gasteiger partial charge >= 0.3 is 0 Å². The first-order valence-electron chi connectivity index (χ1n) is 4.08. The van der Waals surface area contributed by atoms with Gasteiger partial charge in [-0.3, -0.25) is 0 Å². The number of aromatic nitrogens is 2. The van der Waals surface area contributed by atoms with Crippen LogP contribution < -0.4 is 0 Å². The van der Waals surface area contributed by atoms with Gasteiger partial charge in [0.05, 0.1) is 13.2 Å². The van der Waals surface area contributed by atoms with Crippen LogP contribution in [-0.2, 0) is 9.47 Å². The molecule has 0 unspecified atom stereocenters. The Hall–Kier alpha value is -0.710. The summed E-state index contributed by atoms with van der Waals surface area (Å²) in [5.41, 5.74) is 0.680. The Balaban J connectivity index is 2.14. The summed E-state index contributed by atoms with van der Waals surface area (Å²) in [6.45, 7) is 1.40. The molecule has 0 aromatic carbocycles. The summed E-state index contributed by atoms with van der Waals surface area (Å²) in [7, 11) is 0. The van der Waals surface area contributed by atoms with Crippen LogP contribution in [0.25, 0.3) is 0 Å². The Kier molecular flexibility index (Phi) is 2.73. The first-order chi connectivity index (χ1) is 6.36. The van der Waals surface area contributed by atoms with Gasteiger partial charge in [-0.05, 0) is 24.1 Å². The van der Waals surface area contributed by atoms with E-state index in [0.717, 1.165) is 6.42 Å². The van der Waals surface area contributed by atoms with E-state index in [1.54, 1.807) is 12.3 Å². The predicted molar refractivity (Wildman–Crippen MR) is 46.3 cm³/mol. The van der Waals surface area contributed by atoms with Crippen LogP contribution in [0.5, 0.6) is 0 Å². The van der Waals surface area contributed by atoms with Gasteiger partial charge in [0.1, 0.15) is 5.69 Å². The maximum absolute atomic E-state index is 5.63. The molecule has 1 saturated heterocycles. The average Bonchev–Trinajstić information content (AvgIpc) is 2.19. The van der Waals surface area contributed by atoms with Crippen LogP contribution in [0.3, 0.4) is 0 Å². The molecule has 0 N–H and O–H groups in total. The molecule has 2 rings (SSSR count). The van der Waals surface area contributed by atoms with Crippen LogP contribution in [-0.4, -0.2) is 23.2 Å². The first-order valence-corrected chi connectivity index (χ1v) is 4.46. The third kappa shape index (κ3) is 2.15. The van der Waals surface area contributed by atoms with Crippen molar-refractivity contribution < 1.29 is 9.47 Å². The third-order valence-corrected chi connectivity index (χ3v) is 1.90. The van der Waals surface area contributed by atoms with Crippen LogP contribution >= 0.6 is 11.6 Å². The summed E-state index contributed by atoms with van der Waals surface area (Å²) in [5.74, 6) is 0. The van der Waals surface area contributed by atoms with E-state index in [0.29, 0.717) is 18.9 Å². The number of halogens is 1. The van der Waals surface area contributed by atoms with Crippen molar-refractivity contribution in [1.82, 2.24) is 9.97 Å². The van der Waals surface area contributed by atoms with Gasteiger partial charge in [-0.2, -0.15) is 0 Å². The van der Waals surface area contributed by atoms with Gasteiger partial charge in [-0.1, -0.05) is 0 Å². The van der Waals surface area contributed by atoms with Gasteiger partial charge < -0.3 is 9.47 Å². The number of hydrogen-bond acceptors (Lipinski definition) is 4. The van der Waals surface area contributed by atoms with Gasteiger partial charge in [-0.15, -0.1) is 0 Å². The molecule has 13 heavy (non-hydrogen) atoms.